The zero-order valence-corrected chi connectivity index (χ0v) is 77.7. The van der Waals surface area contributed by atoms with E-state index in [-0.39, 0.29) is 105 Å². The third kappa shape index (κ3) is 18.1. The van der Waals surface area contributed by atoms with E-state index in [9.17, 15) is 43.4 Å². The number of aromatic amines is 3. The van der Waals surface area contributed by atoms with Crippen LogP contribution in [0.1, 0.15) is 43.8 Å². The second-order valence-electron chi connectivity index (χ2n) is 31.0. The number of halogens is 4. The number of nitrogen functional groups attached to an aromatic ring is 6. The van der Waals surface area contributed by atoms with Gasteiger partial charge in [0.2, 0.25) is 17.8 Å². The van der Waals surface area contributed by atoms with Crippen molar-refractivity contribution in [3.63, 3.8) is 0 Å². The second-order valence-corrected chi connectivity index (χ2v) is 47.9. The quantitative estimate of drug-likeness (QED) is 0.0610. The molecule has 0 aliphatic carbocycles. The fourth-order valence-corrected chi connectivity index (χ4v) is 25.1. The number of imidazole rings is 4. The number of alkyl halides is 4. The Hall–Kier alpha value is -7.84. The lowest BCUT2D eigenvalue weighted by Crippen LogP contribution is -2.45. The molecule has 0 radical (unpaired) electrons. The molecule has 29 atom stereocenters. The lowest BCUT2D eigenvalue weighted by molar-refractivity contribution is -0.183. The van der Waals surface area contributed by atoms with E-state index < -0.39 is 231 Å². The number of aromatic nitrogens is 23. The molecule has 10 aliphatic rings. The van der Waals surface area contributed by atoms with E-state index in [2.05, 4.69) is 97.7 Å². The highest BCUT2D eigenvalue weighted by Gasteiger charge is 2.66. The zero-order valence-electron chi connectivity index (χ0n) is 67.3. The lowest BCUT2D eigenvalue weighted by Gasteiger charge is -2.33. The molecule has 57 nitrogen and oxygen atoms in total. The minimum Gasteiger partial charge on any atom is -0.397 e. The summed E-state index contributed by atoms with van der Waals surface area (Å²) in [5.41, 5.74) is 33.5. The van der Waals surface area contributed by atoms with E-state index in [4.69, 9.17) is 181 Å². The number of fused-ring (bicyclic) bond motifs is 14. The van der Waals surface area contributed by atoms with E-state index in [1.165, 1.54) is 58.8 Å². The van der Waals surface area contributed by atoms with Gasteiger partial charge in [0.15, 0.2) is 124 Å². The van der Waals surface area contributed by atoms with Crippen LogP contribution in [-0.4, -0.2) is 287 Å². The van der Waals surface area contributed by atoms with E-state index >= 15 is 17.6 Å². The van der Waals surface area contributed by atoms with Gasteiger partial charge in [0.25, 0.3) is 16.7 Å². The predicted octanol–water partition coefficient (Wildman–Crippen LogP) is 0.446. The molecule has 22 heterocycles. The fourth-order valence-electron chi connectivity index (χ4n) is 16.4. The molecule has 8 bridgehead atoms. The van der Waals surface area contributed by atoms with Crippen molar-refractivity contribution in [1.29, 1.82) is 0 Å². The number of nitrogens with one attached hydrogen (secondary N) is 3. The van der Waals surface area contributed by atoms with Crippen LogP contribution < -0.4 is 51.1 Å². The van der Waals surface area contributed by atoms with Gasteiger partial charge >= 0.3 is 40.4 Å². The first kappa shape index (κ1) is 94.7. The summed E-state index contributed by atoms with van der Waals surface area (Å²) in [6.45, 7) is -29.0. The molecule has 7 unspecified atom stereocenters. The summed E-state index contributed by atoms with van der Waals surface area (Å²) < 4.78 is 194. The summed E-state index contributed by atoms with van der Waals surface area (Å²) in [5, 5.41) is 15.7. The van der Waals surface area contributed by atoms with Crippen molar-refractivity contribution in [2.24, 2.45) is 0 Å². The Labute approximate surface area is 777 Å². The number of H-pyrrole nitrogens is 3. The van der Waals surface area contributed by atoms with E-state index in [1.807, 2.05) is 0 Å². The smallest absolute Gasteiger partial charge is 0.386 e. The Morgan fingerprint density at radius 3 is 1.28 bits per heavy atom. The Balaban J connectivity index is 0.000000126. The second kappa shape index (κ2) is 35.7. The van der Waals surface area contributed by atoms with Crippen molar-refractivity contribution >= 4 is 214 Å². The first-order valence-electron chi connectivity index (χ1n) is 39.3. The molecule has 22 rings (SSSR count). The van der Waals surface area contributed by atoms with Crippen LogP contribution in [0.5, 0.6) is 0 Å². The van der Waals surface area contributed by atoms with Crippen LogP contribution in [0.25, 0.3) is 67.0 Å². The summed E-state index contributed by atoms with van der Waals surface area (Å²) in [7, 11) is 0. The van der Waals surface area contributed by atoms with Crippen molar-refractivity contribution in [3.05, 3.63) is 93.2 Å². The number of anilines is 6. The highest BCUT2D eigenvalue weighted by atomic mass is 32.7. The number of rotatable bonds is 6. The third-order valence-electron chi connectivity index (χ3n) is 22.4. The van der Waals surface area contributed by atoms with Crippen molar-refractivity contribution in [3.8, 4) is 0 Å². The number of nitrogens with two attached hydrogens (primary N) is 6. The predicted molar refractivity (Wildman–Crippen MR) is 470 cm³/mol. The number of ether oxygens (including phenoxy) is 7. The van der Waals surface area contributed by atoms with Crippen LogP contribution in [0.2, 0.25) is 0 Å². The van der Waals surface area contributed by atoms with Crippen LogP contribution >= 0.6 is 52.6 Å². The largest absolute Gasteiger partial charge is 0.397 e. The number of pyridine rings is 3. The van der Waals surface area contributed by atoms with Crippen LogP contribution in [0.4, 0.5) is 52.5 Å². The van der Waals surface area contributed by atoms with E-state index in [0.29, 0.717) is 16.9 Å². The van der Waals surface area contributed by atoms with Gasteiger partial charge in [0, 0.05) is 25.0 Å². The highest BCUT2D eigenvalue weighted by Crippen LogP contribution is 2.62. The summed E-state index contributed by atoms with van der Waals surface area (Å²) in [6, 6.07) is 4.58. The SMILES string of the molecule is Nc1nc2c(ncn2[C@@H]2O[C@@H]3COP(=O)(S)OC4[C@@H](COP(O)(=S)O[C@H]2C3)O[C@@H](n2nnc3c(N)ccnc32)[C@H]4F)c(=O)[nH]1.Nc1nc2c(ncn2[C@@H]2O[C@@H]3COP(O)(=S)O[C@H]4[C@H](F)[C@H](n5nnc6c(N)ccnc65)O[C@@H]4COP(O)(=S)O[C@@H]2[C@@H]3F)c(=O)[nH]1.Nc1nc2c(ncn2[C@@H]2O[C@@H]3COP(O)(=S)O[C@H]4[C@H]5OC[C@]4(COP(O)(=S)O[C@@H]2[C@H]3F)O[C@H]5n2cnc3c(N)ccnc32)c(=O)[nH]1. The maximum Gasteiger partial charge on any atom is 0.386 e. The Morgan fingerprint density at radius 2 is 0.800 bits per heavy atom. The Kier molecular flexibility index (Phi) is 25.1. The molecule has 0 spiro atoms. The van der Waals surface area contributed by atoms with Crippen molar-refractivity contribution in [2.45, 2.75) is 147 Å². The molecule has 135 heavy (non-hydrogen) atoms. The molecule has 0 aromatic carbocycles. The normalized spacial score (nSPS) is 38.0. The minimum absolute atomic E-state index is 0.0265. The average molecular weight is 2120 g/mol. The maximum absolute atomic E-state index is 16.0. The lowest BCUT2D eigenvalue weighted by atomic mass is 10.0. The molecule has 0 amide bonds. The first-order chi connectivity index (χ1) is 64.1. The summed E-state index contributed by atoms with van der Waals surface area (Å²) in [4.78, 5) is 141. The van der Waals surface area contributed by atoms with Gasteiger partial charge in [0.05, 0.1) is 94.7 Å². The van der Waals surface area contributed by atoms with Gasteiger partial charge in [-0.3, -0.25) is 74.7 Å². The first-order valence-corrected chi connectivity index (χ1v) is 54.9. The minimum atomic E-state index is -4.36. The maximum atomic E-state index is 16.0. The van der Waals surface area contributed by atoms with E-state index in [1.54, 1.807) is 10.6 Å². The summed E-state index contributed by atoms with van der Waals surface area (Å²) in [5.74, 6) is -0.656. The standard InChI is InChI=1S/C22H24FN9O10P2S2.C20H22F2N10O9P2S2.C20H23FN10O9P2S2/c23-10-9-3-37-43(34,45)42-15-14-20(31-6-27-11-8(24)1-2-26-16(11)31)40-22(15,4-36-14)5-38-44(35,46)41-13(10)19(39-9)32-7-28-12-17(32)29-21(25)30-18(12)33;21-9-7-3-36-42(34,44)40-13-8(39-18(10(13)22)32-15-11(29-30-32)6(23)1-2-25-15)4-37-43(35,45)41-14(9)19(38-7)31-5-26-12-16(31)27-20(24)28-17(12)33;21-11-14-10(38-19(11)31-15-12(28-29-31)8(22)1-2-24-15)5-36-41(33,43)39-9-3-7(4-35-42(34,44)40-14)37-18(9)30-6-25-13-16(30)26-20(23)27-17(13)32/h1-2,6-7,9-10,13-15,19-20H,3-5H2,(H2,24,26)(H,34,45)(H,35,46)(H3,25,29,30,33);1-2,5,7-10,13-14,18-19H,3-4H2,(H2,23,25)(H,34,44)(H,35,45)(H3,24,27,28,33);1-2,6-7,9-11,14,18-19H,3-5H2,(H2,22,24)(H,33,43)(H,34,44)(H3,23,26,27,32)/t9-,10+,13-,14-,15+,19-,20-,22-,43?,44?;7-,8-,9-,10+,13-,14-,18-,19-,42?,43?;7-,9-,10+,11-,14?,18+,19+,41?,42?/m110/s1. The topological polar surface area (TPSA) is 758 Å². The number of hydrogen-bond acceptors (Lipinski definition) is 48. The molecule has 10 saturated heterocycles. The molecule has 12 aromatic heterocycles. The third-order valence-corrected chi connectivity index (χ3v) is 31.8. The monoisotopic (exact) mass is 2120 g/mol. The van der Waals surface area contributed by atoms with Gasteiger partial charge in [0.1, 0.15) is 78.3 Å². The van der Waals surface area contributed by atoms with Gasteiger partial charge < -0.3 is 119 Å². The molecular weight excluding hydrogens is 2050 g/mol. The van der Waals surface area contributed by atoms with Crippen LogP contribution in [-0.2, 0) is 151 Å². The molecule has 10 fully saturated rings. The van der Waals surface area contributed by atoms with E-state index in [0.717, 1.165) is 20.3 Å². The number of thiol groups is 1. The molecule has 73 heteroatoms. The molecule has 20 N–H and O–H groups in total. The fraction of sp³-hybridized carbons (Fsp3) is 0.500. The molecule has 0 saturated carbocycles. The highest BCUT2D eigenvalue weighted by molar-refractivity contribution is 8.44. The molecule has 724 valence electrons. The Bertz CT molecular complexity index is 7210. The van der Waals surface area contributed by atoms with Crippen molar-refractivity contribution < 1.29 is 134 Å². The molecular formula is C62H69F4N29O28P6S6. The van der Waals surface area contributed by atoms with Crippen molar-refractivity contribution in [1.82, 2.24) is 113 Å². The van der Waals surface area contributed by atoms with Crippen LogP contribution in [0.3, 0.4) is 0 Å². The van der Waals surface area contributed by atoms with Gasteiger partial charge in [-0.05, 0) is 77.2 Å². The summed E-state index contributed by atoms with van der Waals surface area (Å²) in [6.07, 6.45) is -22.7. The van der Waals surface area contributed by atoms with Gasteiger partial charge in [-0.15, -0.1) is 10.2 Å². The number of hydrogen-bond donors (Lipinski definition) is 15. The van der Waals surface area contributed by atoms with Gasteiger partial charge in [-0.1, -0.05) is 22.7 Å². The number of nitrogens with zero attached hydrogens (tertiary/aromatic N) is 20. The average Bonchev–Trinajstić information content (AvgIpc) is 1.56. The summed E-state index contributed by atoms with van der Waals surface area (Å²) >= 11 is 30.2. The van der Waals surface area contributed by atoms with Crippen LogP contribution in [0.15, 0.2) is 76.5 Å². The van der Waals surface area contributed by atoms with Gasteiger partial charge in [-0.2, -0.15) is 24.3 Å². The Morgan fingerprint density at radius 1 is 0.407 bits per heavy atom. The van der Waals surface area contributed by atoms with Crippen LogP contribution in [0, 0.1) is 0 Å². The molecule has 10 aliphatic heterocycles. The van der Waals surface area contributed by atoms with Gasteiger partial charge in [-0.25, -0.2) is 57.0 Å². The zero-order chi connectivity index (χ0) is 95.0. The van der Waals surface area contributed by atoms with Crippen molar-refractivity contribution in [2.75, 3.05) is 80.7 Å². The molecule has 12 aromatic rings.